The van der Waals surface area contributed by atoms with Gasteiger partial charge in [0.15, 0.2) is 0 Å². The third kappa shape index (κ3) is 3.35. The zero-order valence-electron chi connectivity index (χ0n) is 26.6. The Balaban J connectivity index is 1.15. The van der Waals surface area contributed by atoms with Crippen molar-refractivity contribution in [2.24, 2.45) is 0 Å². The van der Waals surface area contributed by atoms with Crippen LogP contribution in [-0.4, -0.2) is 25.2 Å². The first-order valence-electron chi connectivity index (χ1n) is 16.9. The third-order valence-corrected chi connectivity index (χ3v) is 10.5. The second-order valence-electron chi connectivity index (χ2n) is 13.2. The molecule has 0 bridgehead atoms. The van der Waals surface area contributed by atoms with Gasteiger partial charge in [0.2, 0.25) is 5.78 Å². The van der Waals surface area contributed by atoms with Crippen LogP contribution < -0.4 is 25.9 Å². The van der Waals surface area contributed by atoms with Crippen molar-refractivity contribution in [1.82, 2.24) is 18.5 Å². The van der Waals surface area contributed by atoms with Crippen molar-refractivity contribution in [3.05, 3.63) is 152 Å². The molecule has 3 aromatic heterocycles. The van der Waals surface area contributed by atoms with E-state index < -0.39 is 0 Å². The fourth-order valence-corrected chi connectivity index (χ4v) is 8.48. The van der Waals surface area contributed by atoms with Gasteiger partial charge in [-0.2, -0.15) is 0 Å². The number of para-hydroxylation sites is 6. The van der Waals surface area contributed by atoms with Crippen LogP contribution in [0, 0.1) is 0 Å². The Labute approximate surface area is 286 Å². The summed E-state index contributed by atoms with van der Waals surface area (Å²) in [7, 11) is 0. The van der Waals surface area contributed by atoms with E-state index >= 15 is 0 Å². The monoisotopic (exact) mass is 640 g/mol. The molecule has 12 rings (SSSR count). The minimum Gasteiger partial charge on any atom is -0.458 e. The Bertz CT molecular complexity index is 2990. The molecule has 0 amide bonds. The minimum atomic E-state index is 0.0325. The average molecular weight is 641 g/mol. The molecule has 232 valence electrons. The maximum Gasteiger partial charge on any atom is 0.260 e. The molecular formula is C43H25BN4O2. The molecule has 0 spiro atoms. The molecule has 0 fully saturated rings. The Morgan fingerprint density at radius 2 is 1.06 bits per heavy atom. The fourth-order valence-electron chi connectivity index (χ4n) is 8.48. The van der Waals surface area contributed by atoms with E-state index in [0.717, 1.165) is 95.0 Å². The number of aromatic nitrogens is 4. The molecule has 6 nitrogen and oxygen atoms in total. The van der Waals surface area contributed by atoms with E-state index in [1.807, 2.05) is 18.2 Å². The van der Waals surface area contributed by atoms with Gasteiger partial charge in [0.05, 0.1) is 38.8 Å². The highest BCUT2D eigenvalue weighted by molar-refractivity contribution is 6.98. The van der Waals surface area contributed by atoms with Gasteiger partial charge in [-0.3, -0.25) is 8.97 Å². The quantitative estimate of drug-likeness (QED) is 0.179. The minimum absolute atomic E-state index is 0.0325. The van der Waals surface area contributed by atoms with Crippen molar-refractivity contribution in [3.8, 4) is 34.4 Å². The first-order chi connectivity index (χ1) is 24.8. The van der Waals surface area contributed by atoms with Crippen molar-refractivity contribution in [2.75, 3.05) is 0 Å². The molecule has 0 saturated carbocycles. The van der Waals surface area contributed by atoms with Crippen molar-refractivity contribution < 1.29 is 9.47 Å². The van der Waals surface area contributed by atoms with Gasteiger partial charge in [0.25, 0.3) is 6.71 Å². The second-order valence-corrected chi connectivity index (χ2v) is 13.2. The van der Waals surface area contributed by atoms with Gasteiger partial charge in [-0.05, 0) is 65.5 Å². The molecule has 2 aliphatic rings. The van der Waals surface area contributed by atoms with Crippen LogP contribution in [0.5, 0.6) is 23.0 Å². The smallest absolute Gasteiger partial charge is 0.260 e. The highest BCUT2D eigenvalue weighted by Gasteiger charge is 2.40. The van der Waals surface area contributed by atoms with Crippen molar-refractivity contribution in [1.29, 1.82) is 0 Å². The number of hydrogen-bond donors (Lipinski definition) is 0. The summed E-state index contributed by atoms with van der Waals surface area (Å²) in [4.78, 5) is 5.32. The molecule has 0 unspecified atom stereocenters. The number of hydrogen-bond acceptors (Lipinski definition) is 3. The van der Waals surface area contributed by atoms with E-state index in [1.54, 1.807) is 0 Å². The molecular weight excluding hydrogens is 615 g/mol. The summed E-state index contributed by atoms with van der Waals surface area (Å²) < 4.78 is 20.2. The van der Waals surface area contributed by atoms with Crippen LogP contribution in [0.2, 0.25) is 0 Å². The van der Waals surface area contributed by atoms with E-state index in [-0.39, 0.29) is 6.71 Å². The van der Waals surface area contributed by atoms with Crippen LogP contribution in [0.4, 0.5) is 0 Å². The summed E-state index contributed by atoms with van der Waals surface area (Å²) in [5.41, 5.74) is 11.9. The van der Waals surface area contributed by atoms with Crippen LogP contribution in [0.3, 0.4) is 0 Å². The molecule has 5 heterocycles. The van der Waals surface area contributed by atoms with Gasteiger partial charge in [0.1, 0.15) is 23.0 Å². The normalized spacial score (nSPS) is 13.1. The van der Waals surface area contributed by atoms with E-state index in [9.17, 15) is 0 Å². The number of rotatable bonds is 2. The van der Waals surface area contributed by atoms with Crippen molar-refractivity contribution in [3.63, 3.8) is 0 Å². The van der Waals surface area contributed by atoms with Gasteiger partial charge in [-0.1, -0.05) is 84.9 Å². The molecule has 0 saturated heterocycles. The van der Waals surface area contributed by atoms with Crippen LogP contribution in [-0.2, 0) is 0 Å². The van der Waals surface area contributed by atoms with Crippen LogP contribution in [0.15, 0.2) is 152 Å². The predicted octanol–water partition coefficient (Wildman–Crippen LogP) is 8.26. The van der Waals surface area contributed by atoms with Gasteiger partial charge in [-0.15, -0.1) is 0 Å². The molecule has 0 N–H and O–H groups in total. The Morgan fingerprint density at radius 3 is 1.80 bits per heavy atom. The lowest BCUT2D eigenvalue weighted by molar-refractivity contribution is 0.464. The fraction of sp³-hybridized carbons (Fsp3) is 0. The molecule has 2 aliphatic heterocycles. The summed E-state index contributed by atoms with van der Waals surface area (Å²) in [5.74, 6) is 4.28. The molecule has 10 aromatic rings. The highest BCUT2D eigenvalue weighted by Crippen LogP contribution is 2.41. The lowest BCUT2D eigenvalue weighted by Crippen LogP contribution is -2.57. The van der Waals surface area contributed by atoms with E-state index in [1.165, 1.54) is 5.39 Å². The summed E-state index contributed by atoms with van der Waals surface area (Å²) >= 11 is 0. The molecule has 0 radical (unpaired) electrons. The number of benzene rings is 7. The molecule has 0 aliphatic carbocycles. The van der Waals surface area contributed by atoms with Crippen LogP contribution >= 0.6 is 0 Å². The van der Waals surface area contributed by atoms with E-state index in [4.69, 9.17) is 14.5 Å². The topological polar surface area (TPSA) is 45.6 Å². The number of imidazole rings is 2. The zero-order chi connectivity index (χ0) is 32.5. The van der Waals surface area contributed by atoms with Gasteiger partial charge < -0.3 is 14.0 Å². The SMILES string of the molecule is c1ccc(-n2c3ccccc3n3c4cc5c6ccccc6n(-c6cc7c8c(c6)Oc6ccccc6B8c6ccccc6O7)c5cc4nc23)cc1. The van der Waals surface area contributed by atoms with Crippen molar-refractivity contribution >= 4 is 72.8 Å². The standard InChI is InChI=1S/C43H25BN4O2/c1-2-12-26(13-3-1)47-34-18-8-9-19-35(34)48-37-24-29-28-14-4-7-17-33(28)46(36(29)25-32(37)45-43(47)48)27-22-40-42-41(23-27)50-39-21-11-6-16-31(39)44(42)30-15-5-10-20-38(30)49-40/h1-25H. The molecule has 0 atom stereocenters. The lowest BCUT2D eigenvalue weighted by atomic mass is 9.35. The largest absolute Gasteiger partial charge is 0.458 e. The first-order valence-corrected chi connectivity index (χ1v) is 16.9. The number of nitrogens with zero attached hydrogens (tertiary/aromatic N) is 4. The summed E-state index contributed by atoms with van der Waals surface area (Å²) in [6, 6.07) is 53.2. The Morgan fingerprint density at radius 1 is 0.440 bits per heavy atom. The summed E-state index contributed by atoms with van der Waals surface area (Å²) in [5, 5.41) is 2.33. The molecule has 50 heavy (non-hydrogen) atoms. The molecule has 7 heteroatoms. The second kappa shape index (κ2) is 9.46. The average Bonchev–Trinajstić information content (AvgIpc) is 3.80. The number of ether oxygens (including phenoxy) is 2. The maximum absolute atomic E-state index is 6.69. The predicted molar refractivity (Wildman–Crippen MR) is 202 cm³/mol. The van der Waals surface area contributed by atoms with Crippen LogP contribution in [0.1, 0.15) is 0 Å². The van der Waals surface area contributed by atoms with Gasteiger partial charge in [-0.25, -0.2) is 4.98 Å². The van der Waals surface area contributed by atoms with Crippen molar-refractivity contribution in [2.45, 2.75) is 0 Å². The number of fused-ring (bicyclic) bond motifs is 12. The van der Waals surface area contributed by atoms with E-state index in [2.05, 4.69) is 147 Å². The lowest BCUT2D eigenvalue weighted by Gasteiger charge is -2.33. The Hall–Kier alpha value is -6.73. The Kier molecular flexibility index (Phi) is 4.96. The third-order valence-electron chi connectivity index (χ3n) is 10.5. The maximum atomic E-state index is 6.69. The summed E-state index contributed by atoms with van der Waals surface area (Å²) in [6.07, 6.45) is 0. The molecule has 7 aromatic carbocycles. The first kappa shape index (κ1) is 26.3. The van der Waals surface area contributed by atoms with E-state index in [0.29, 0.717) is 0 Å². The van der Waals surface area contributed by atoms with Crippen LogP contribution in [0.25, 0.3) is 61.0 Å². The van der Waals surface area contributed by atoms with Gasteiger partial charge in [0, 0.05) is 34.1 Å². The summed E-state index contributed by atoms with van der Waals surface area (Å²) in [6.45, 7) is 0.0325. The highest BCUT2D eigenvalue weighted by atomic mass is 16.5. The van der Waals surface area contributed by atoms with Gasteiger partial charge >= 0.3 is 0 Å². The zero-order valence-corrected chi connectivity index (χ0v) is 26.6.